The molecule has 0 spiro atoms. The van der Waals surface area contributed by atoms with Crippen LogP contribution in [0.2, 0.25) is 0 Å². The summed E-state index contributed by atoms with van der Waals surface area (Å²) in [5.41, 5.74) is 1.49. The van der Waals surface area contributed by atoms with E-state index in [4.69, 9.17) is 4.52 Å². The summed E-state index contributed by atoms with van der Waals surface area (Å²) in [6.45, 7) is 0.341. The van der Waals surface area contributed by atoms with Gasteiger partial charge in [-0.05, 0) is 23.9 Å². The molecule has 0 fully saturated rings. The van der Waals surface area contributed by atoms with Crippen LogP contribution in [0.3, 0.4) is 0 Å². The Balaban J connectivity index is 1.18. The largest absolute Gasteiger partial charge is 0.347 e. The minimum atomic E-state index is -3.61. The number of aromatic nitrogens is 2. The van der Waals surface area contributed by atoms with E-state index in [1.165, 1.54) is 4.31 Å². The van der Waals surface area contributed by atoms with Crippen LogP contribution in [-0.2, 0) is 21.4 Å². The summed E-state index contributed by atoms with van der Waals surface area (Å²) in [6.07, 6.45) is 0.562. The predicted octanol–water partition coefficient (Wildman–Crippen LogP) is 3.50. The van der Waals surface area contributed by atoms with Gasteiger partial charge in [0.05, 0.1) is 17.1 Å². The van der Waals surface area contributed by atoms with E-state index < -0.39 is 10.0 Å². The lowest BCUT2D eigenvalue weighted by molar-refractivity contribution is -0.121. The van der Waals surface area contributed by atoms with Crippen molar-refractivity contribution in [1.82, 2.24) is 15.5 Å². The maximum absolute atomic E-state index is 13.0. The molecule has 3 aromatic carbocycles. The van der Waals surface area contributed by atoms with Gasteiger partial charge in [0.1, 0.15) is 0 Å². The second kappa shape index (κ2) is 8.08. The van der Waals surface area contributed by atoms with Gasteiger partial charge in [-0.2, -0.15) is 4.98 Å². The van der Waals surface area contributed by atoms with Crippen molar-refractivity contribution in [2.75, 3.05) is 10.8 Å². The van der Waals surface area contributed by atoms with Crippen LogP contribution < -0.4 is 9.62 Å². The Morgan fingerprint density at radius 3 is 2.59 bits per heavy atom. The Hall–Kier alpha value is -3.72. The Kier molecular flexibility index (Phi) is 5.10. The van der Waals surface area contributed by atoms with Gasteiger partial charge >= 0.3 is 0 Å². The zero-order valence-corrected chi connectivity index (χ0v) is 17.9. The van der Waals surface area contributed by atoms with Crippen molar-refractivity contribution in [2.45, 2.75) is 24.3 Å². The second-order valence-electron chi connectivity index (χ2n) is 7.47. The molecule has 32 heavy (non-hydrogen) atoms. The number of hydrogen-bond donors (Lipinski definition) is 1. The molecule has 1 amide bonds. The van der Waals surface area contributed by atoms with E-state index in [0.29, 0.717) is 28.7 Å². The molecule has 4 aromatic rings. The van der Waals surface area contributed by atoms with E-state index in [0.717, 1.165) is 16.3 Å². The molecule has 1 aliphatic heterocycles. The Morgan fingerprint density at radius 1 is 1.00 bits per heavy atom. The van der Waals surface area contributed by atoms with Crippen molar-refractivity contribution >= 4 is 32.4 Å². The summed E-state index contributed by atoms with van der Waals surface area (Å²) in [5.74, 6) is 0.557. The van der Waals surface area contributed by atoms with Gasteiger partial charge in [0.25, 0.3) is 10.0 Å². The van der Waals surface area contributed by atoms with Crippen LogP contribution >= 0.6 is 0 Å². The van der Waals surface area contributed by atoms with Crippen molar-refractivity contribution < 1.29 is 17.7 Å². The van der Waals surface area contributed by atoms with Crippen LogP contribution in [0, 0.1) is 0 Å². The summed E-state index contributed by atoms with van der Waals surface area (Å²) in [6, 6.07) is 20.2. The Labute approximate surface area is 184 Å². The van der Waals surface area contributed by atoms with Gasteiger partial charge in [0.15, 0.2) is 0 Å². The summed E-state index contributed by atoms with van der Waals surface area (Å²) in [7, 11) is -3.61. The molecule has 9 heteroatoms. The summed E-state index contributed by atoms with van der Waals surface area (Å²) < 4.78 is 32.5. The normalized spacial score (nSPS) is 14.1. The smallest absolute Gasteiger partial charge is 0.265 e. The van der Waals surface area contributed by atoms with Crippen molar-refractivity contribution in [2.24, 2.45) is 0 Å². The van der Waals surface area contributed by atoms with Crippen LogP contribution in [0.4, 0.5) is 5.69 Å². The van der Waals surface area contributed by atoms with Gasteiger partial charge in [-0.15, -0.1) is 0 Å². The highest BCUT2D eigenvalue weighted by Crippen LogP contribution is 2.41. The SMILES string of the molecule is O=C(CCCN1c2cccc3cccc(c23)S1(=O)=O)NCc1nc(-c2ccccc2)no1. The lowest BCUT2D eigenvalue weighted by Gasteiger charge is -2.18. The topological polar surface area (TPSA) is 105 Å². The molecular weight excluding hydrogens is 428 g/mol. The Bertz CT molecular complexity index is 1390. The van der Waals surface area contributed by atoms with Crippen LogP contribution in [0.5, 0.6) is 0 Å². The van der Waals surface area contributed by atoms with Crippen LogP contribution in [0.15, 0.2) is 76.1 Å². The number of sulfonamides is 1. The number of hydrogen-bond acceptors (Lipinski definition) is 6. The van der Waals surface area contributed by atoms with Crippen molar-refractivity contribution in [3.05, 3.63) is 72.6 Å². The minimum absolute atomic E-state index is 0.116. The molecule has 8 nitrogen and oxygen atoms in total. The van der Waals surface area contributed by atoms with Crippen LogP contribution in [0.1, 0.15) is 18.7 Å². The number of nitrogens with one attached hydrogen (secondary N) is 1. The van der Waals surface area contributed by atoms with Crippen molar-refractivity contribution in [3.63, 3.8) is 0 Å². The fourth-order valence-electron chi connectivity index (χ4n) is 3.88. The first-order chi connectivity index (χ1) is 15.5. The molecule has 0 saturated heterocycles. The highest BCUT2D eigenvalue weighted by molar-refractivity contribution is 7.93. The molecular formula is C23H20N4O4S. The van der Waals surface area contributed by atoms with Crippen LogP contribution in [0.25, 0.3) is 22.2 Å². The second-order valence-corrected chi connectivity index (χ2v) is 9.30. The molecule has 0 aliphatic carbocycles. The fraction of sp³-hybridized carbons (Fsp3) is 0.174. The van der Waals surface area contributed by atoms with Crippen molar-refractivity contribution in [1.29, 1.82) is 0 Å². The number of carbonyl (C=O) groups excluding carboxylic acids is 1. The molecule has 162 valence electrons. The third-order valence-electron chi connectivity index (χ3n) is 5.38. The molecule has 0 radical (unpaired) electrons. The first-order valence-corrected chi connectivity index (χ1v) is 11.7. The molecule has 0 saturated carbocycles. The van der Waals surface area contributed by atoms with Crippen LogP contribution in [-0.4, -0.2) is 31.0 Å². The van der Waals surface area contributed by atoms with E-state index in [-0.39, 0.29) is 25.4 Å². The zero-order valence-electron chi connectivity index (χ0n) is 17.1. The molecule has 5 rings (SSSR count). The lowest BCUT2D eigenvalue weighted by Crippen LogP contribution is -2.30. The number of rotatable bonds is 7. The molecule has 1 N–H and O–H groups in total. The maximum atomic E-state index is 13.0. The van der Waals surface area contributed by atoms with E-state index in [1.807, 2.05) is 48.5 Å². The summed E-state index contributed by atoms with van der Waals surface area (Å²) in [4.78, 5) is 16.9. The average Bonchev–Trinajstić information content (AvgIpc) is 3.37. The molecule has 0 bridgehead atoms. The zero-order chi connectivity index (χ0) is 22.1. The maximum Gasteiger partial charge on any atom is 0.265 e. The average molecular weight is 449 g/mol. The van der Waals surface area contributed by atoms with E-state index >= 15 is 0 Å². The van der Waals surface area contributed by atoms with Gasteiger partial charge < -0.3 is 9.84 Å². The van der Waals surface area contributed by atoms with Gasteiger partial charge in [0, 0.05) is 23.9 Å². The van der Waals surface area contributed by atoms with Gasteiger partial charge in [-0.25, -0.2) is 8.42 Å². The van der Waals surface area contributed by atoms with E-state index in [9.17, 15) is 13.2 Å². The summed E-state index contributed by atoms with van der Waals surface area (Å²) in [5, 5.41) is 8.29. The quantitative estimate of drug-likeness (QED) is 0.464. The van der Waals surface area contributed by atoms with Gasteiger partial charge in [-0.3, -0.25) is 9.10 Å². The number of amides is 1. The number of anilines is 1. The summed E-state index contributed by atoms with van der Waals surface area (Å²) >= 11 is 0. The highest BCUT2D eigenvalue weighted by atomic mass is 32.2. The van der Waals surface area contributed by atoms with Gasteiger partial charge in [0.2, 0.25) is 17.6 Å². The highest BCUT2D eigenvalue weighted by Gasteiger charge is 2.35. The van der Waals surface area contributed by atoms with E-state index in [2.05, 4.69) is 15.5 Å². The first-order valence-electron chi connectivity index (χ1n) is 10.2. The molecule has 1 aliphatic rings. The molecule has 0 unspecified atom stereocenters. The van der Waals surface area contributed by atoms with E-state index in [1.54, 1.807) is 18.2 Å². The lowest BCUT2D eigenvalue weighted by atomic mass is 10.1. The number of carbonyl (C=O) groups is 1. The molecule has 2 heterocycles. The Morgan fingerprint density at radius 2 is 1.78 bits per heavy atom. The molecule has 0 atom stereocenters. The van der Waals surface area contributed by atoms with Crippen molar-refractivity contribution in [3.8, 4) is 11.4 Å². The third kappa shape index (κ3) is 3.60. The van der Waals surface area contributed by atoms with Gasteiger partial charge in [-0.1, -0.05) is 59.8 Å². The molecule has 1 aromatic heterocycles. The standard InChI is InChI=1S/C23H20N4O4S/c28-20(24-15-21-25-23(26-31-21)17-7-2-1-3-8-17)13-6-14-27-18-11-4-9-16-10-5-12-19(22(16)18)32(27,29)30/h1-5,7-12H,6,13-15H2,(H,24,28). The number of benzene rings is 3. The predicted molar refractivity (Wildman–Crippen MR) is 119 cm³/mol. The number of nitrogens with zero attached hydrogens (tertiary/aromatic N) is 3. The first kappa shape index (κ1) is 20.2. The fourth-order valence-corrected chi connectivity index (χ4v) is 5.62. The minimum Gasteiger partial charge on any atom is -0.347 e. The third-order valence-corrected chi connectivity index (χ3v) is 7.24. The monoisotopic (exact) mass is 448 g/mol.